The predicted octanol–water partition coefficient (Wildman–Crippen LogP) is 6.30. The first kappa shape index (κ1) is 25.0. The van der Waals surface area contributed by atoms with E-state index in [1.165, 1.54) is 31.2 Å². The summed E-state index contributed by atoms with van der Waals surface area (Å²) in [5, 5.41) is 3.83. The maximum absolute atomic E-state index is 12.9. The zero-order valence-corrected chi connectivity index (χ0v) is 22.2. The van der Waals surface area contributed by atoms with Crippen LogP contribution in [0.25, 0.3) is 0 Å². The van der Waals surface area contributed by atoms with Gasteiger partial charge in [0, 0.05) is 55.1 Å². The molecule has 2 bridgehead atoms. The van der Waals surface area contributed by atoms with Gasteiger partial charge in [0.2, 0.25) is 0 Å². The Morgan fingerprint density at radius 2 is 1.49 bits per heavy atom. The fraction of sp³-hybridized carbons (Fsp3) is 0.567. The Kier molecular flexibility index (Phi) is 7.59. The van der Waals surface area contributed by atoms with Gasteiger partial charge in [-0.25, -0.2) is 4.79 Å². The van der Waals surface area contributed by atoms with Gasteiger partial charge in [-0.3, -0.25) is 4.90 Å². The molecule has 1 N–H and O–H groups in total. The number of fused-ring (bicyclic) bond motifs is 2. The molecule has 6 nitrogen and oxygen atoms in total. The number of carbonyl (C=O) groups excluding carboxylic acids is 1. The topological polar surface area (TPSA) is 54.0 Å². The molecule has 2 aromatic carbocycles. The minimum atomic E-state index is -0.0275. The van der Waals surface area contributed by atoms with Crippen LogP contribution in [0.2, 0.25) is 5.02 Å². The summed E-state index contributed by atoms with van der Waals surface area (Å²) < 4.78 is 12.0. The Morgan fingerprint density at radius 1 is 0.838 bits per heavy atom. The lowest BCUT2D eigenvalue weighted by atomic mass is 9.89. The number of nitrogens with one attached hydrogen (secondary N) is 1. The average Bonchev–Trinajstić information content (AvgIpc) is 3.21. The number of anilines is 1. The van der Waals surface area contributed by atoms with Crippen molar-refractivity contribution in [3.63, 3.8) is 0 Å². The molecule has 4 fully saturated rings. The van der Waals surface area contributed by atoms with Crippen LogP contribution in [0, 0.1) is 0 Å². The van der Waals surface area contributed by atoms with Crippen molar-refractivity contribution in [3.8, 4) is 5.75 Å². The molecule has 0 unspecified atom stereocenters. The molecule has 2 aromatic rings. The van der Waals surface area contributed by atoms with E-state index < -0.39 is 0 Å². The monoisotopic (exact) mass is 523 g/mol. The van der Waals surface area contributed by atoms with E-state index in [1.807, 2.05) is 41.3 Å². The second-order valence-electron chi connectivity index (χ2n) is 11.2. The number of hydrogen-bond acceptors (Lipinski definition) is 4. The third kappa shape index (κ3) is 5.76. The highest BCUT2D eigenvalue weighted by molar-refractivity contribution is 6.30. The summed E-state index contributed by atoms with van der Waals surface area (Å²) in [7, 11) is 0. The number of likely N-dealkylation sites (tertiary alicyclic amines) is 1. The van der Waals surface area contributed by atoms with Crippen LogP contribution in [0.4, 0.5) is 10.5 Å². The molecule has 0 aliphatic carbocycles. The summed E-state index contributed by atoms with van der Waals surface area (Å²) in [5.41, 5.74) is 2.12. The Morgan fingerprint density at radius 3 is 2.14 bits per heavy atom. The van der Waals surface area contributed by atoms with Gasteiger partial charge in [-0.1, -0.05) is 23.7 Å². The minimum absolute atomic E-state index is 0.0275. The molecular weight excluding hydrogens is 486 g/mol. The zero-order valence-electron chi connectivity index (χ0n) is 21.5. The highest BCUT2D eigenvalue weighted by atomic mass is 35.5. The SMILES string of the molecule is O=C(Nc1ccc(O[C@H]2C[C@H]3CC[C@@H](C2)N3C2CCOCC2)cc1)N1CCC(c2ccc(Cl)cc2)CC1. The number of halogens is 1. The van der Waals surface area contributed by atoms with Gasteiger partial charge in [-0.2, -0.15) is 0 Å². The fourth-order valence-corrected chi connectivity index (χ4v) is 7.13. The molecule has 0 aromatic heterocycles. The largest absolute Gasteiger partial charge is 0.490 e. The van der Waals surface area contributed by atoms with Crippen molar-refractivity contribution < 1.29 is 14.3 Å². The van der Waals surface area contributed by atoms with Gasteiger partial charge >= 0.3 is 6.03 Å². The van der Waals surface area contributed by atoms with Crippen LogP contribution in [-0.2, 0) is 4.74 Å². The number of urea groups is 1. The van der Waals surface area contributed by atoms with E-state index in [0.29, 0.717) is 24.0 Å². The lowest BCUT2D eigenvalue weighted by Gasteiger charge is -2.44. The summed E-state index contributed by atoms with van der Waals surface area (Å²) in [6.07, 6.45) is 9.37. The highest BCUT2D eigenvalue weighted by Crippen LogP contribution is 2.40. The van der Waals surface area contributed by atoms with E-state index in [4.69, 9.17) is 21.1 Å². The van der Waals surface area contributed by atoms with E-state index in [-0.39, 0.29) is 12.1 Å². The zero-order chi connectivity index (χ0) is 25.2. The van der Waals surface area contributed by atoms with E-state index in [0.717, 1.165) is 68.4 Å². The first-order valence-corrected chi connectivity index (χ1v) is 14.4. The second kappa shape index (κ2) is 11.2. The maximum atomic E-state index is 12.9. The molecule has 198 valence electrons. The minimum Gasteiger partial charge on any atom is -0.490 e. The lowest BCUT2D eigenvalue weighted by Crippen LogP contribution is -2.52. The summed E-state index contributed by atoms with van der Waals surface area (Å²) >= 11 is 6.02. The molecule has 0 saturated carbocycles. The summed E-state index contributed by atoms with van der Waals surface area (Å²) in [6, 6.07) is 18.0. The van der Waals surface area contributed by atoms with Crippen LogP contribution in [0.5, 0.6) is 5.75 Å². The van der Waals surface area contributed by atoms with Crippen molar-refractivity contribution in [2.75, 3.05) is 31.6 Å². The maximum Gasteiger partial charge on any atom is 0.321 e. The van der Waals surface area contributed by atoms with Gasteiger partial charge in [-0.05, 0) is 99.2 Å². The van der Waals surface area contributed by atoms with Crippen molar-refractivity contribution in [3.05, 3.63) is 59.1 Å². The van der Waals surface area contributed by atoms with Crippen molar-refractivity contribution in [1.82, 2.24) is 9.80 Å². The molecular formula is C30H38ClN3O3. The van der Waals surface area contributed by atoms with E-state index in [1.54, 1.807) is 0 Å². The third-order valence-electron chi connectivity index (χ3n) is 8.89. The number of carbonyl (C=O) groups is 1. The van der Waals surface area contributed by atoms with Crippen molar-refractivity contribution in [2.45, 2.75) is 81.5 Å². The fourth-order valence-electron chi connectivity index (χ4n) is 7.00. The normalized spacial score (nSPS) is 27.3. The number of amides is 2. The molecule has 4 saturated heterocycles. The quantitative estimate of drug-likeness (QED) is 0.499. The van der Waals surface area contributed by atoms with Crippen LogP contribution >= 0.6 is 11.6 Å². The molecule has 4 aliphatic rings. The summed E-state index contributed by atoms with van der Waals surface area (Å²) in [5.74, 6) is 1.38. The summed E-state index contributed by atoms with van der Waals surface area (Å²) in [6.45, 7) is 3.33. The molecule has 3 atom stereocenters. The van der Waals surface area contributed by atoms with Crippen LogP contribution < -0.4 is 10.1 Å². The van der Waals surface area contributed by atoms with Crippen LogP contribution in [0.15, 0.2) is 48.5 Å². The Labute approximate surface area is 225 Å². The standard InChI is InChI=1S/C30H38ClN3O3/c31-23-3-1-21(2-4-23)22-11-15-33(16-12-22)30(35)32-24-5-9-28(10-6-24)37-29-19-26-7-8-27(20-29)34(26)25-13-17-36-18-14-25/h1-6,9-10,22,25-27,29H,7-8,11-20H2,(H,32,35)/t26-,27+,29+. The number of hydrogen-bond donors (Lipinski definition) is 1. The van der Waals surface area contributed by atoms with Gasteiger partial charge in [-0.15, -0.1) is 0 Å². The van der Waals surface area contributed by atoms with Gasteiger partial charge < -0.3 is 19.7 Å². The van der Waals surface area contributed by atoms with E-state index >= 15 is 0 Å². The predicted molar refractivity (Wildman–Crippen MR) is 147 cm³/mol. The van der Waals surface area contributed by atoms with E-state index in [9.17, 15) is 4.79 Å². The smallest absolute Gasteiger partial charge is 0.321 e. The Balaban J connectivity index is 0.974. The lowest BCUT2D eigenvalue weighted by molar-refractivity contribution is -0.0237. The van der Waals surface area contributed by atoms with E-state index in [2.05, 4.69) is 22.3 Å². The molecule has 6 rings (SSSR count). The average molecular weight is 524 g/mol. The number of piperidine rings is 2. The van der Waals surface area contributed by atoms with Gasteiger partial charge in [0.25, 0.3) is 0 Å². The number of ether oxygens (including phenoxy) is 2. The second-order valence-corrected chi connectivity index (χ2v) is 11.6. The first-order chi connectivity index (χ1) is 18.1. The molecule has 4 aliphatic heterocycles. The Hall–Kier alpha value is -2.28. The number of nitrogens with zero attached hydrogens (tertiary/aromatic N) is 2. The van der Waals surface area contributed by atoms with Crippen molar-refractivity contribution in [1.29, 1.82) is 0 Å². The summed E-state index contributed by atoms with van der Waals surface area (Å²) in [4.78, 5) is 17.6. The highest BCUT2D eigenvalue weighted by Gasteiger charge is 2.44. The van der Waals surface area contributed by atoms with Crippen molar-refractivity contribution in [2.24, 2.45) is 0 Å². The molecule has 37 heavy (non-hydrogen) atoms. The molecule has 7 heteroatoms. The first-order valence-electron chi connectivity index (χ1n) is 14.1. The molecule has 2 amide bonds. The van der Waals surface area contributed by atoms with Gasteiger partial charge in [0.15, 0.2) is 0 Å². The van der Waals surface area contributed by atoms with Gasteiger partial charge in [0.1, 0.15) is 11.9 Å². The van der Waals surface area contributed by atoms with Crippen molar-refractivity contribution >= 4 is 23.3 Å². The molecule has 0 spiro atoms. The van der Waals surface area contributed by atoms with Crippen LogP contribution in [0.3, 0.4) is 0 Å². The third-order valence-corrected chi connectivity index (χ3v) is 9.14. The number of benzene rings is 2. The number of rotatable bonds is 5. The van der Waals surface area contributed by atoms with Gasteiger partial charge in [0.05, 0.1) is 0 Å². The molecule has 4 heterocycles. The van der Waals surface area contributed by atoms with Crippen LogP contribution in [-0.4, -0.2) is 66.4 Å². The Bertz CT molecular complexity index is 1030. The molecule has 0 radical (unpaired) electrons. The van der Waals surface area contributed by atoms with Crippen LogP contribution in [0.1, 0.15) is 62.8 Å².